The summed E-state index contributed by atoms with van der Waals surface area (Å²) in [4.78, 5) is 11.7. The first-order valence-electron chi connectivity index (χ1n) is 6.46. The molecule has 118 valence electrons. The minimum atomic E-state index is -0.434. The van der Waals surface area contributed by atoms with Crippen LogP contribution in [0.15, 0.2) is 21.1 Å². The van der Waals surface area contributed by atoms with Crippen LogP contribution in [0.1, 0.15) is 27.7 Å². The number of hydrogen-bond donors (Lipinski definition) is 0. The molecule has 0 unspecified atom stereocenters. The Morgan fingerprint density at radius 2 is 1.71 bits per heavy atom. The fourth-order valence-electron chi connectivity index (χ4n) is 2.21. The fraction of sp³-hybridized carbons (Fsp3) is 0.538. The maximum atomic E-state index is 11.7. The van der Waals surface area contributed by atoms with Gasteiger partial charge in [-0.15, -0.1) is 0 Å². The molecule has 0 aromatic heterocycles. The molecule has 0 aliphatic heterocycles. The highest BCUT2D eigenvalue weighted by atomic mass is 79.9. The van der Waals surface area contributed by atoms with E-state index < -0.39 is 5.03 Å². The zero-order chi connectivity index (χ0) is 16.3. The maximum absolute atomic E-state index is 11.7. The molecule has 0 saturated carbocycles. The van der Waals surface area contributed by atoms with Crippen molar-refractivity contribution in [3.05, 3.63) is 31.2 Å². The first-order valence-corrected chi connectivity index (χ1v) is 8.05. The van der Waals surface area contributed by atoms with Crippen molar-refractivity contribution >= 4 is 37.5 Å². The normalized spacial score (nSPS) is 11.3. The van der Waals surface area contributed by atoms with E-state index in [-0.39, 0.29) is 12.1 Å². The first kappa shape index (κ1) is 18.2. The number of methoxy groups -OCH3 is 1. The molecular weight excluding hydrogens is 406 g/mol. The second kappa shape index (κ2) is 7.42. The summed E-state index contributed by atoms with van der Waals surface area (Å²) in [7, 11) is 1.49. The molecule has 0 amide bonds. The molecule has 0 spiro atoms. The molecule has 0 N–H and O–H groups in total. The number of ether oxygens (including phenoxy) is 1. The van der Waals surface area contributed by atoms with E-state index in [0.717, 1.165) is 9.59 Å². The molecule has 0 heterocycles. The molecule has 0 radical (unpaired) electrons. The lowest BCUT2D eigenvalue weighted by atomic mass is 10.2. The van der Waals surface area contributed by atoms with E-state index >= 15 is 0 Å². The highest BCUT2D eigenvalue weighted by Crippen LogP contribution is 2.40. The van der Waals surface area contributed by atoms with E-state index in [1.54, 1.807) is 17.1 Å². The van der Waals surface area contributed by atoms with Crippen molar-refractivity contribution in [2.75, 3.05) is 12.2 Å². The van der Waals surface area contributed by atoms with Crippen LogP contribution in [0.5, 0.6) is 5.75 Å². The van der Waals surface area contributed by atoms with Crippen molar-refractivity contribution in [3.8, 4) is 5.75 Å². The number of benzene rings is 1. The number of nitro groups is 1. The van der Waals surface area contributed by atoms with Gasteiger partial charge in [0, 0.05) is 16.6 Å². The molecular formula is C13H19Br2N3O3. The van der Waals surface area contributed by atoms with E-state index in [1.165, 1.54) is 7.11 Å². The zero-order valence-electron chi connectivity index (χ0n) is 12.6. The number of hydrazine groups is 2. The van der Waals surface area contributed by atoms with Gasteiger partial charge in [0.25, 0.3) is 0 Å². The largest absolute Gasteiger partial charge is 0.494 e. The Labute approximate surface area is 141 Å². The van der Waals surface area contributed by atoms with Crippen LogP contribution in [0.2, 0.25) is 0 Å². The van der Waals surface area contributed by atoms with Gasteiger partial charge in [0.15, 0.2) is 16.5 Å². The van der Waals surface area contributed by atoms with Crippen LogP contribution < -0.4 is 9.85 Å². The standard InChI is InChI=1S/C13H19Br2N3O3/c1-8(2)16(9(3)4)17(18(19)20)13-11(15)6-10(14)7-12(13)21-5/h6-9H,1-5H3. The Morgan fingerprint density at radius 1 is 1.19 bits per heavy atom. The molecule has 1 aromatic carbocycles. The molecule has 0 fully saturated rings. The lowest BCUT2D eigenvalue weighted by Gasteiger charge is -2.34. The van der Waals surface area contributed by atoms with Gasteiger partial charge in [-0.3, -0.25) is 0 Å². The maximum Gasteiger partial charge on any atom is 0.181 e. The lowest BCUT2D eigenvalue weighted by Crippen LogP contribution is -2.53. The van der Waals surface area contributed by atoms with Crippen LogP contribution in [0.4, 0.5) is 5.69 Å². The van der Waals surface area contributed by atoms with Crippen LogP contribution in [0, 0.1) is 10.1 Å². The molecule has 8 heteroatoms. The summed E-state index contributed by atoms with van der Waals surface area (Å²) in [6.07, 6.45) is 0. The SMILES string of the molecule is COc1cc(Br)cc(Br)c1N(N(C(C)C)C(C)C)[N+](=O)[O-]. The predicted molar refractivity (Wildman–Crippen MR) is 90.0 cm³/mol. The second-order valence-corrected chi connectivity index (χ2v) is 6.80. The van der Waals surface area contributed by atoms with Crippen LogP contribution in [-0.2, 0) is 0 Å². The van der Waals surface area contributed by atoms with Crippen LogP contribution in [-0.4, -0.2) is 29.2 Å². The third-order valence-electron chi connectivity index (χ3n) is 2.84. The van der Waals surface area contributed by atoms with Crippen LogP contribution in [0.3, 0.4) is 0 Å². The Balaban J connectivity index is 3.52. The van der Waals surface area contributed by atoms with Gasteiger partial charge in [0.05, 0.1) is 11.6 Å². The summed E-state index contributed by atoms with van der Waals surface area (Å²) in [6.45, 7) is 7.65. The van der Waals surface area contributed by atoms with E-state index in [0.29, 0.717) is 15.9 Å². The smallest absolute Gasteiger partial charge is 0.181 e. The Bertz CT molecular complexity index is 516. The van der Waals surface area contributed by atoms with E-state index in [2.05, 4.69) is 31.9 Å². The predicted octanol–water partition coefficient (Wildman–Crippen LogP) is 4.25. The van der Waals surface area contributed by atoms with Crippen molar-refractivity contribution in [3.63, 3.8) is 0 Å². The number of rotatable bonds is 6. The van der Waals surface area contributed by atoms with Gasteiger partial charge in [-0.05, 0) is 60.9 Å². The third-order valence-corrected chi connectivity index (χ3v) is 3.91. The molecule has 0 saturated heterocycles. The minimum absolute atomic E-state index is 0.0457. The van der Waals surface area contributed by atoms with Crippen LogP contribution in [0.25, 0.3) is 0 Å². The number of halogens is 2. The van der Waals surface area contributed by atoms with E-state index in [1.807, 2.05) is 27.7 Å². The van der Waals surface area contributed by atoms with Crippen molar-refractivity contribution in [1.82, 2.24) is 5.01 Å². The highest BCUT2D eigenvalue weighted by Gasteiger charge is 2.35. The van der Waals surface area contributed by atoms with Crippen molar-refractivity contribution < 1.29 is 9.77 Å². The molecule has 0 aliphatic carbocycles. The van der Waals surface area contributed by atoms with E-state index in [9.17, 15) is 10.1 Å². The van der Waals surface area contributed by atoms with E-state index in [4.69, 9.17) is 4.74 Å². The summed E-state index contributed by atoms with van der Waals surface area (Å²) in [5.74, 6) is 0.416. The highest BCUT2D eigenvalue weighted by molar-refractivity contribution is 9.11. The van der Waals surface area contributed by atoms with Gasteiger partial charge in [-0.1, -0.05) is 15.9 Å². The minimum Gasteiger partial charge on any atom is -0.494 e. The monoisotopic (exact) mass is 423 g/mol. The van der Waals surface area contributed by atoms with Crippen molar-refractivity contribution in [2.24, 2.45) is 0 Å². The molecule has 1 rings (SSSR count). The van der Waals surface area contributed by atoms with Crippen LogP contribution >= 0.6 is 31.9 Å². The average Bonchev–Trinajstić information content (AvgIpc) is 2.34. The molecule has 0 bridgehead atoms. The summed E-state index contributed by atoms with van der Waals surface area (Å²) in [5.41, 5.74) is 0.369. The topological polar surface area (TPSA) is 58.8 Å². The third kappa shape index (κ3) is 4.08. The number of anilines is 1. The molecule has 0 atom stereocenters. The van der Waals surface area contributed by atoms with Gasteiger partial charge in [-0.2, -0.15) is 5.01 Å². The zero-order valence-corrected chi connectivity index (χ0v) is 15.8. The quantitative estimate of drug-likeness (QED) is 0.504. The second-order valence-electron chi connectivity index (χ2n) is 5.03. The lowest BCUT2D eigenvalue weighted by molar-refractivity contribution is -0.527. The molecule has 1 aromatic rings. The van der Waals surface area contributed by atoms with Crippen molar-refractivity contribution in [2.45, 2.75) is 39.8 Å². The van der Waals surface area contributed by atoms with Gasteiger partial charge in [-0.25, -0.2) is 10.1 Å². The summed E-state index contributed by atoms with van der Waals surface area (Å²) >= 11 is 6.75. The average molecular weight is 425 g/mol. The summed E-state index contributed by atoms with van der Waals surface area (Å²) in [5, 5.41) is 14.0. The van der Waals surface area contributed by atoms with Gasteiger partial charge < -0.3 is 4.74 Å². The first-order chi connectivity index (χ1) is 9.70. The molecule has 0 aliphatic rings. The van der Waals surface area contributed by atoms with Crippen molar-refractivity contribution in [1.29, 1.82) is 0 Å². The number of hydrogen-bond acceptors (Lipinski definition) is 4. The summed E-state index contributed by atoms with van der Waals surface area (Å²) in [6, 6.07) is 3.37. The van der Waals surface area contributed by atoms with Gasteiger partial charge in [0.1, 0.15) is 0 Å². The molecule has 21 heavy (non-hydrogen) atoms. The Hall–Kier alpha value is -0.860. The Kier molecular flexibility index (Phi) is 6.42. The van der Waals surface area contributed by atoms with Gasteiger partial charge >= 0.3 is 0 Å². The number of nitrogens with zero attached hydrogens (tertiary/aromatic N) is 3. The summed E-state index contributed by atoms with van der Waals surface area (Å²) < 4.78 is 6.67. The Morgan fingerprint density at radius 3 is 2.10 bits per heavy atom. The fourth-order valence-corrected chi connectivity index (χ4v) is 3.55. The molecule has 6 nitrogen and oxygen atoms in total. The van der Waals surface area contributed by atoms with Gasteiger partial charge in [0.2, 0.25) is 0 Å².